The van der Waals surface area contributed by atoms with Crippen molar-refractivity contribution in [3.8, 4) is 0 Å². The molecular formula is C15H13F15O. The molecule has 31 heavy (non-hydrogen) atoms. The number of ether oxygens (including phenoxy) is 1. The van der Waals surface area contributed by atoms with Crippen molar-refractivity contribution in [3.05, 3.63) is 13.0 Å². The second-order valence-corrected chi connectivity index (χ2v) is 6.76. The molecule has 1 aliphatic carbocycles. The summed E-state index contributed by atoms with van der Waals surface area (Å²) in [5.74, 6) is -46.6. The molecule has 2 radical (unpaired) electrons. The van der Waals surface area contributed by atoms with Gasteiger partial charge in [0.2, 0.25) is 0 Å². The average Bonchev–Trinajstić information content (AvgIpc) is 3.10. The molecule has 0 amide bonds. The first-order valence-corrected chi connectivity index (χ1v) is 8.16. The van der Waals surface area contributed by atoms with Gasteiger partial charge in [-0.2, -0.15) is 65.9 Å². The normalized spacial score (nSPS) is 18.7. The summed E-state index contributed by atoms with van der Waals surface area (Å²) in [6.45, 7) is -2.33. The summed E-state index contributed by atoms with van der Waals surface area (Å²) in [6, 6.07) is 0. The summed E-state index contributed by atoms with van der Waals surface area (Å²) in [4.78, 5) is 0. The van der Waals surface area contributed by atoms with E-state index in [0.717, 1.165) is 0 Å². The molecule has 1 unspecified atom stereocenters. The van der Waals surface area contributed by atoms with Gasteiger partial charge in [0.1, 0.15) is 6.61 Å². The SMILES string of the molecule is FC(F)(F)C(F)(F)C(F)(F)C(F)(F)C(F)(F)C(F)(F)C(F)(F)CO[CH]CC1C[CH]CC1. The minimum absolute atomic E-state index is 0.166. The van der Waals surface area contributed by atoms with Gasteiger partial charge in [0.25, 0.3) is 0 Å². The maximum Gasteiger partial charge on any atom is 0.460 e. The molecule has 0 aromatic heterocycles. The van der Waals surface area contributed by atoms with Gasteiger partial charge in [-0.3, -0.25) is 0 Å². The first-order valence-electron chi connectivity index (χ1n) is 8.16. The van der Waals surface area contributed by atoms with Gasteiger partial charge in [-0.05, 0) is 31.6 Å². The molecule has 1 aliphatic rings. The van der Waals surface area contributed by atoms with Crippen molar-refractivity contribution in [2.24, 2.45) is 5.92 Å². The molecule has 184 valence electrons. The number of hydrogen-bond donors (Lipinski definition) is 0. The highest BCUT2D eigenvalue weighted by Crippen LogP contribution is 2.62. The lowest BCUT2D eigenvalue weighted by molar-refractivity contribution is -0.453. The van der Waals surface area contributed by atoms with Gasteiger partial charge in [0, 0.05) is 0 Å². The van der Waals surface area contributed by atoms with Crippen molar-refractivity contribution in [2.75, 3.05) is 6.61 Å². The highest BCUT2D eigenvalue weighted by molar-refractivity contribution is 5.13. The fourth-order valence-electron chi connectivity index (χ4n) is 2.50. The topological polar surface area (TPSA) is 9.23 Å². The van der Waals surface area contributed by atoms with Gasteiger partial charge < -0.3 is 4.74 Å². The number of alkyl halides is 15. The highest BCUT2D eigenvalue weighted by atomic mass is 19.4. The van der Waals surface area contributed by atoms with Crippen LogP contribution in [-0.4, -0.2) is 48.3 Å². The van der Waals surface area contributed by atoms with E-state index in [1.54, 1.807) is 6.42 Å². The minimum Gasteiger partial charge on any atom is -0.369 e. The third kappa shape index (κ3) is 4.54. The van der Waals surface area contributed by atoms with Gasteiger partial charge in [-0.15, -0.1) is 0 Å². The Morgan fingerprint density at radius 3 is 1.55 bits per heavy atom. The van der Waals surface area contributed by atoms with Crippen LogP contribution < -0.4 is 0 Å². The molecule has 1 atom stereocenters. The Morgan fingerprint density at radius 2 is 1.13 bits per heavy atom. The third-order valence-corrected chi connectivity index (χ3v) is 4.48. The van der Waals surface area contributed by atoms with Crippen molar-refractivity contribution < 1.29 is 70.6 Å². The van der Waals surface area contributed by atoms with Gasteiger partial charge in [-0.25, -0.2) is 0 Å². The Hall–Kier alpha value is -1.09. The maximum atomic E-state index is 13.5. The molecular weight excluding hydrogens is 481 g/mol. The van der Waals surface area contributed by atoms with E-state index in [-0.39, 0.29) is 12.3 Å². The molecule has 0 aromatic rings. The van der Waals surface area contributed by atoms with E-state index in [2.05, 4.69) is 4.74 Å². The van der Waals surface area contributed by atoms with Crippen molar-refractivity contribution >= 4 is 0 Å². The minimum atomic E-state index is -8.27. The lowest BCUT2D eigenvalue weighted by atomic mass is 9.91. The van der Waals surface area contributed by atoms with Crippen LogP contribution in [0, 0.1) is 18.9 Å². The summed E-state index contributed by atoms with van der Waals surface area (Å²) < 4.78 is 198. The first-order chi connectivity index (χ1) is 13.6. The standard InChI is InChI=1S/C15H13F15O/c16-9(17,7-31-6-5-8-3-1-2-4-8)10(18,19)11(20,21)12(22,23)13(24,25)14(26,27)15(28,29)30/h1,6,8H,2-5,7H2. The highest BCUT2D eigenvalue weighted by Gasteiger charge is 2.93. The van der Waals surface area contributed by atoms with Crippen LogP contribution in [0.3, 0.4) is 0 Å². The molecule has 16 heteroatoms. The fraction of sp³-hybridized carbons (Fsp3) is 0.867. The van der Waals surface area contributed by atoms with Gasteiger partial charge in [0.05, 0.1) is 6.61 Å². The molecule has 0 N–H and O–H groups in total. The van der Waals surface area contributed by atoms with Crippen molar-refractivity contribution in [1.82, 2.24) is 0 Å². The molecule has 1 rings (SSSR count). The van der Waals surface area contributed by atoms with E-state index in [9.17, 15) is 65.9 Å². The van der Waals surface area contributed by atoms with Crippen LogP contribution in [0.1, 0.15) is 25.7 Å². The van der Waals surface area contributed by atoms with Crippen LogP contribution in [0.5, 0.6) is 0 Å². The zero-order chi connectivity index (χ0) is 24.7. The lowest BCUT2D eigenvalue weighted by Gasteiger charge is -2.41. The third-order valence-electron chi connectivity index (χ3n) is 4.48. The monoisotopic (exact) mass is 494 g/mol. The van der Waals surface area contributed by atoms with E-state index in [1.807, 2.05) is 0 Å². The Balaban J connectivity index is 3.10. The Morgan fingerprint density at radius 1 is 0.677 bits per heavy atom. The van der Waals surface area contributed by atoms with Crippen LogP contribution in [0.4, 0.5) is 65.9 Å². The summed E-state index contributed by atoms with van der Waals surface area (Å²) in [7, 11) is 0. The Bertz CT molecular complexity index is 604. The second kappa shape index (κ2) is 8.36. The second-order valence-electron chi connectivity index (χ2n) is 6.76. The summed E-state index contributed by atoms with van der Waals surface area (Å²) >= 11 is 0. The first kappa shape index (κ1) is 27.9. The molecule has 1 fully saturated rings. The Labute approximate surface area is 164 Å². The van der Waals surface area contributed by atoms with Crippen LogP contribution in [0.15, 0.2) is 0 Å². The van der Waals surface area contributed by atoms with E-state index in [1.165, 1.54) is 0 Å². The molecule has 0 bridgehead atoms. The summed E-state index contributed by atoms with van der Waals surface area (Å²) in [5.41, 5.74) is 0. The van der Waals surface area contributed by atoms with E-state index in [4.69, 9.17) is 0 Å². The number of halogens is 15. The smallest absolute Gasteiger partial charge is 0.369 e. The van der Waals surface area contributed by atoms with Crippen molar-refractivity contribution in [1.29, 1.82) is 0 Å². The van der Waals surface area contributed by atoms with Crippen LogP contribution >= 0.6 is 0 Å². The molecule has 0 heterocycles. The number of hydrogen-bond acceptors (Lipinski definition) is 1. The maximum absolute atomic E-state index is 13.5. The van der Waals surface area contributed by atoms with E-state index >= 15 is 0 Å². The van der Waals surface area contributed by atoms with Gasteiger partial charge in [-0.1, -0.05) is 6.42 Å². The largest absolute Gasteiger partial charge is 0.460 e. The summed E-state index contributed by atoms with van der Waals surface area (Å²) in [6.07, 6.45) is -4.41. The van der Waals surface area contributed by atoms with E-state index in [0.29, 0.717) is 25.9 Å². The molecule has 1 saturated carbocycles. The number of rotatable bonds is 10. The summed E-state index contributed by atoms with van der Waals surface area (Å²) in [5, 5.41) is 0. The van der Waals surface area contributed by atoms with Crippen LogP contribution in [0.2, 0.25) is 0 Å². The van der Waals surface area contributed by atoms with Crippen molar-refractivity contribution in [3.63, 3.8) is 0 Å². The molecule has 1 nitrogen and oxygen atoms in total. The molecule has 0 aliphatic heterocycles. The van der Waals surface area contributed by atoms with Crippen LogP contribution in [-0.2, 0) is 4.74 Å². The molecule has 0 aromatic carbocycles. The predicted molar refractivity (Wildman–Crippen MR) is 72.2 cm³/mol. The van der Waals surface area contributed by atoms with Gasteiger partial charge in [0.15, 0.2) is 0 Å². The van der Waals surface area contributed by atoms with E-state index < -0.39 is 48.3 Å². The average molecular weight is 494 g/mol. The predicted octanol–water partition coefficient (Wildman–Crippen LogP) is 6.93. The zero-order valence-corrected chi connectivity index (χ0v) is 14.8. The van der Waals surface area contributed by atoms with Gasteiger partial charge >= 0.3 is 41.7 Å². The quantitative estimate of drug-likeness (QED) is 0.236. The molecule has 0 spiro atoms. The Kier molecular flexibility index (Phi) is 7.53. The van der Waals surface area contributed by atoms with Crippen molar-refractivity contribution in [2.45, 2.75) is 67.4 Å². The molecule has 0 saturated heterocycles. The lowest BCUT2D eigenvalue weighted by Crippen LogP contribution is -2.73. The fourth-order valence-corrected chi connectivity index (χ4v) is 2.50. The zero-order valence-electron chi connectivity index (χ0n) is 14.8. The van der Waals surface area contributed by atoms with Crippen LogP contribution in [0.25, 0.3) is 0 Å².